The van der Waals surface area contributed by atoms with E-state index in [1.54, 1.807) is 3.26 Å². The molecule has 0 aliphatic heterocycles. The van der Waals surface area contributed by atoms with Crippen LogP contribution in [0.25, 0.3) is 34.4 Å². The zero-order chi connectivity index (χ0) is 37.8. The summed E-state index contributed by atoms with van der Waals surface area (Å²) < 4.78 is 7.78. The fourth-order valence-corrected chi connectivity index (χ4v) is 34.9. The molecule has 8 rings (SSSR count). The molecule has 2 atom stereocenters. The molecule has 54 heavy (non-hydrogen) atoms. The number of rotatable bonds is 8. The van der Waals surface area contributed by atoms with Crippen molar-refractivity contribution in [2.45, 2.75) is 70.1 Å². The van der Waals surface area contributed by atoms with Gasteiger partial charge in [0.2, 0.25) is 0 Å². The molecule has 0 radical (unpaired) electrons. The van der Waals surface area contributed by atoms with Crippen LogP contribution in [0.3, 0.4) is 0 Å². The summed E-state index contributed by atoms with van der Waals surface area (Å²) in [6, 6.07) is 51.6. The summed E-state index contributed by atoms with van der Waals surface area (Å²) in [4.78, 5) is 0. The molecule has 0 spiro atoms. The van der Waals surface area contributed by atoms with Gasteiger partial charge >= 0.3 is 327 Å². The summed E-state index contributed by atoms with van der Waals surface area (Å²) in [6.45, 7) is 13.6. The summed E-state index contributed by atoms with van der Waals surface area (Å²) in [5.41, 5.74) is 19.2. The SMILES string of the molecule is Cc1ccc([C](c2ccc(C)cc2)=[Hf]([CH3])([CH3])([CH]2C=Cc3c(-c4cccc(C(C)C)c4)cccc32)[CH]2C=Cc3c(-c4cccc(C(C)C)c4)cccc32)cc1. The molecule has 0 amide bonds. The van der Waals surface area contributed by atoms with Crippen molar-refractivity contribution in [2.75, 3.05) is 0 Å². The van der Waals surface area contributed by atoms with E-state index in [2.05, 4.69) is 209 Å². The van der Waals surface area contributed by atoms with Gasteiger partial charge in [0.25, 0.3) is 0 Å². The van der Waals surface area contributed by atoms with E-state index in [4.69, 9.17) is 0 Å². The molecule has 0 fully saturated rings. The van der Waals surface area contributed by atoms with Crippen LogP contribution < -0.4 is 0 Å². The second-order valence-corrected chi connectivity index (χ2v) is 42.6. The molecule has 2 unspecified atom stereocenters. The molecule has 0 nitrogen and oxygen atoms in total. The average molecular weight is 870 g/mol. The molecule has 6 aromatic rings. The van der Waals surface area contributed by atoms with Crippen LogP contribution in [0.5, 0.6) is 0 Å². The van der Waals surface area contributed by atoms with Gasteiger partial charge in [-0.1, -0.05) is 0 Å². The van der Waals surface area contributed by atoms with Gasteiger partial charge in [0.1, 0.15) is 0 Å². The van der Waals surface area contributed by atoms with Gasteiger partial charge in [0, 0.05) is 0 Å². The first-order valence-corrected chi connectivity index (χ1v) is 33.1. The summed E-state index contributed by atoms with van der Waals surface area (Å²) >= 11 is -4.67. The van der Waals surface area contributed by atoms with Gasteiger partial charge in [0.05, 0.1) is 0 Å². The summed E-state index contributed by atoms with van der Waals surface area (Å²) in [5, 5.41) is 0. The van der Waals surface area contributed by atoms with Crippen LogP contribution in [0.2, 0.25) is 9.36 Å². The number of benzene rings is 6. The van der Waals surface area contributed by atoms with Gasteiger partial charge in [0.15, 0.2) is 0 Å². The van der Waals surface area contributed by atoms with Crippen LogP contribution in [-0.4, -0.2) is 3.26 Å². The predicted octanol–water partition coefficient (Wildman–Crippen LogP) is 14.8. The molecular weight excluding hydrogens is 815 g/mol. The first kappa shape index (κ1) is 36.5. The monoisotopic (exact) mass is 870 g/mol. The van der Waals surface area contributed by atoms with Gasteiger partial charge < -0.3 is 0 Å². The molecule has 0 heterocycles. The molecule has 270 valence electrons. The number of allylic oxidation sites excluding steroid dienone is 2. The fourth-order valence-electron chi connectivity index (χ4n) is 9.88. The molecule has 1 heteroatoms. The minimum atomic E-state index is -4.67. The second-order valence-electron chi connectivity index (χ2n) is 17.6. The van der Waals surface area contributed by atoms with Crippen LogP contribution in [0.4, 0.5) is 0 Å². The van der Waals surface area contributed by atoms with Crippen LogP contribution in [0, 0.1) is 13.8 Å². The molecule has 0 saturated carbocycles. The van der Waals surface area contributed by atoms with Crippen LogP contribution in [0.1, 0.15) is 103 Å². The summed E-state index contributed by atoms with van der Waals surface area (Å²) in [6.07, 6.45) is 10.2. The molecular formula is C53H54Hf. The van der Waals surface area contributed by atoms with Gasteiger partial charge in [-0.2, -0.15) is 0 Å². The maximum absolute atomic E-state index is 4.67. The van der Waals surface area contributed by atoms with Crippen molar-refractivity contribution < 1.29 is 18.0 Å². The van der Waals surface area contributed by atoms with Gasteiger partial charge in [-0.15, -0.1) is 0 Å². The number of aryl methyl sites for hydroxylation is 2. The summed E-state index contributed by atoms with van der Waals surface area (Å²) in [5.74, 6) is 0.967. The van der Waals surface area contributed by atoms with E-state index in [-0.39, 0.29) is 0 Å². The summed E-state index contributed by atoms with van der Waals surface area (Å²) in [7, 11) is 0. The Morgan fingerprint density at radius 2 is 0.870 bits per heavy atom. The van der Waals surface area contributed by atoms with Gasteiger partial charge in [-0.25, -0.2) is 0 Å². The number of hydrogen-bond acceptors (Lipinski definition) is 0. The van der Waals surface area contributed by atoms with Crippen molar-refractivity contribution in [1.82, 2.24) is 0 Å². The Hall–Kier alpha value is -4.46. The number of hydrogen-bond donors (Lipinski definition) is 0. The fraction of sp³-hybridized carbons (Fsp3) is 0.226. The second kappa shape index (κ2) is 14.0. The molecule has 0 N–H and O–H groups in total. The van der Waals surface area contributed by atoms with Crippen molar-refractivity contribution in [1.29, 1.82) is 0 Å². The molecule has 6 aromatic carbocycles. The molecule has 0 aromatic heterocycles. The normalized spacial score (nSPS) is 16.3. The van der Waals surface area contributed by atoms with E-state index < -0.39 is 18.0 Å². The first-order chi connectivity index (χ1) is 25.9. The third-order valence-corrected chi connectivity index (χ3v) is 38.1. The van der Waals surface area contributed by atoms with Crippen molar-refractivity contribution in [3.05, 3.63) is 201 Å². The van der Waals surface area contributed by atoms with Gasteiger partial charge in [-0.3, -0.25) is 0 Å². The van der Waals surface area contributed by atoms with Crippen LogP contribution in [-0.2, 0) is 18.0 Å². The Labute approximate surface area is 324 Å². The molecule has 0 saturated heterocycles. The number of fused-ring (bicyclic) bond motifs is 2. The van der Waals surface area contributed by atoms with Crippen molar-refractivity contribution >= 4 is 15.4 Å². The van der Waals surface area contributed by atoms with Crippen molar-refractivity contribution in [3.63, 3.8) is 0 Å². The first-order valence-electron chi connectivity index (χ1n) is 20.0. The van der Waals surface area contributed by atoms with Crippen molar-refractivity contribution in [3.8, 4) is 22.3 Å². The topological polar surface area (TPSA) is 0 Å². The molecule has 0 bridgehead atoms. The Morgan fingerprint density at radius 1 is 0.481 bits per heavy atom. The zero-order valence-corrected chi connectivity index (χ0v) is 36.9. The molecule has 2 aliphatic carbocycles. The van der Waals surface area contributed by atoms with Gasteiger partial charge in [-0.05, 0) is 0 Å². The quantitative estimate of drug-likeness (QED) is 0.134. The third kappa shape index (κ3) is 6.14. The Bertz CT molecular complexity index is 2340. The Morgan fingerprint density at radius 3 is 1.26 bits per heavy atom. The Balaban J connectivity index is 1.43. The predicted molar refractivity (Wildman–Crippen MR) is 233 cm³/mol. The molecule has 2 aliphatic rings. The van der Waals surface area contributed by atoms with Crippen LogP contribution in [0.15, 0.2) is 146 Å². The standard InChI is InChI=1S/2C18H17.C15H14.2CH3.Hf/c2*1-13(2)15-8-3-9-16(12-15)18-11-5-7-14-6-4-10-17(14)18;1-12-3-7-14(8-4-12)11-15-9-5-13(2)6-10-15;;;/h2*3-13H,1-2H3;3-10H,1-2H3;2*1H3;. The average Bonchev–Trinajstić information content (AvgIpc) is 3.83. The van der Waals surface area contributed by atoms with Crippen LogP contribution >= 0.6 is 0 Å². The maximum atomic E-state index is 2.79. The zero-order valence-electron chi connectivity index (χ0n) is 33.3. The van der Waals surface area contributed by atoms with E-state index >= 15 is 0 Å². The minimum absolute atomic E-state index is 0.302. The van der Waals surface area contributed by atoms with Crippen molar-refractivity contribution in [2.24, 2.45) is 0 Å². The van der Waals surface area contributed by atoms with E-state index in [1.807, 2.05) is 0 Å². The van der Waals surface area contributed by atoms with E-state index in [9.17, 15) is 0 Å². The van der Waals surface area contributed by atoms with E-state index in [0.717, 1.165) is 0 Å². The van der Waals surface area contributed by atoms with E-state index in [1.165, 1.54) is 77.9 Å². The van der Waals surface area contributed by atoms with E-state index in [0.29, 0.717) is 19.2 Å². The third-order valence-electron chi connectivity index (χ3n) is 13.0. The Kier molecular flexibility index (Phi) is 9.46.